The molecule has 0 amide bonds. The number of halogens is 1. The molecule has 0 unspecified atom stereocenters. The molecule has 2 heteroatoms. The van der Waals surface area contributed by atoms with Crippen LogP contribution in [0.2, 0.25) is 0 Å². The number of hydrogen-bond donors (Lipinski definition) is 1. The van der Waals surface area contributed by atoms with Crippen molar-refractivity contribution in [3.8, 4) is 5.75 Å². The summed E-state index contributed by atoms with van der Waals surface area (Å²) in [6, 6.07) is 7.08. The number of aromatic hydroxyl groups is 1. The van der Waals surface area contributed by atoms with Crippen LogP contribution in [-0.2, 0) is 0 Å². The van der Waals surface area contributed by atoms with Crippen LogP contribution in [0.15, 0.2) is 30.8 Å². The third kappa shape index (κ3) is 1.78. The Morgan fingerprint density at radius 3 is 2.30 bits per heavy atom. The molecule has 1 aromatic carbocycles. The van der Waals surface area contributed by atoms with Crippen LogP contribution in [0.25, 0.3) is 6.08 Å². The molecule has 1 N–H and O–H groups in total. The predicted octanol–water partition coefficient (Wildman–Crippen LogP) is 2.46. The summed E-state index contributed by atoms with van der Waals surface area (Å²) in [5, 5.41) is 9.04. The van der Waals surface area contributed by atoms with Gasteiger partial charge >= 0.3 is 0 Å². The Bertz CT molecular complexity index is 220. The van der Waals surface area contributed by atoms with Crippen molar-refractivity contribution in [2.75, 3.05) is 0 Å². The molecule has 0 aromatic heterocycles. The summed E-state index contributed by atoms with van der Waals surface area (Å²) in [4.78, 5) is 0. The first-order valence-electron chi connectivity index (χ1n) is 2.75. The van der Waals surface area contributed by atoms with Crippen molar-refractivity contribution in [2.24, 2.45) is 0 Å². The topological polar surface area (TPSA) is 20.2 Å². The van der Waals surface area contributed by atoms with Gasteiger partial charge in [0.1, 0.15) is 5.75 Å². The van der Waals surface area contributed by atoms with Crippen LogP contribution in [-0.4, -0.2) is 5.11 Å². The van der Waals surface area contributed by atoms with Gasteiger partial charge in [0.2, 0.25) is 0 Å². The maximum atomic E-state index is 9.04. The number of rotatable bonds is 1. The number of phenolic OH excluding ortho intramolecular Hbond substituents is 1. The molecule has 0 radical (unpaired) electrons. The van der Waals surface area contributed by atoms with Crippen molar-refractivity contribution in [3.63, 3.8) is 0 Å². The van der Waals surface area contributed by atoms with Crippen LogP contribution in [0.1, 0.15) is 5.56 Å². The van der Waals surface area contributed by atoms with Crippen LogP contribution in [0.5, 0.6) is 5.75 Å². The Labute approximate surface area is 66.4 Å². The summed E-state index contributed by atoms with van der Waals surface area (Å²) in [5.41, 5.74) is 0.775. The predicted molar refractivity (Wildman–Crippen MR) is 45.4 cm³/mol. The van der Waals surface area contributed by atoms with Gasteiger partial charge in [-0.05, 0) is 6.07 Å². The van der Waals surface area contributed by atoms with Crippen molar-refractivity contribution in [1.82, 2.24) is 0 Å². The highest BCUT2D eigenvalue weighted by Gasteiger charge is 1.89. The lowest BCUT2D eigenvalue weighted by atomic mass is 10.2. The van der Waals surface area contributed by atoms with E-state index >= 15 is 0 Å². The molecule has 10 heavy (non-hydrogen) atoms. The minimum atomic E-state index is 0. The molecule has 1 aromatic rings. The maximum Gasteiger partial charge on any atom is 0.122 e. The molecule has 1 nitrogen and oxygen atoms in total. The van der Waals surface area contributed by atoms with Crippen molar-refractivity contribution < 1.29 is 5.11 Å². The first kappa shape index (κ1) is 9.05. The fraction of sp³-hybridized carbons (Fsp3) is 0. The second-order valence-corrected chi connectivity index (χ2v) is 1.76. The zero-order valence-corrected chi connectivity index (χ0v) is 6.27. The summed E-state index contributed by atoms with van der Waals surface area (Å²) >= 11 is 0. The summed E-state index contributed by atoms with van der Waals surface area (Å²) in [5.74, 6) is 0.285. The second-order valence-electron chi connectivity index (χ2n) is 1.76. The molecule has 0 bridgehead atoms. The van der Waals surface area contributed by atoms with E-state index in [0.29, 0.717) is 0 Å². The fourth-order valence-electron chi connectivity index (χ4n) is 0.660. The summed E-state index contributed by atoms with van der Waals surface area (Å²) < 4.78 is 0. The van der Waals surface area contributed by atoms with Gasteiger partial charge < -0.3 is 5.11 Å². The van der Waals surface area contributed by atoms with Gasteiger partial charge in [0.05, 0.1) is 0 Å². The third-order valence-electron chi connectivity index (χ3n) is 1.16. The molecule has 0 atom stereocenters. The van der Waals surface area contributed by atoms with Gasteiger partial charge in [-0.15, -0.1) is 12.4 Å². The van der Waals surface area contributed by atoms with E-state index in [2.05, 4.69) is 6.58 Å². The highest BCUT2D eigenvalue weighted by atomic mass is 35.5. The molecular weight excluding hydrogens is 148 g/mol. The molecular formula is C8H9ClO. The molecule has 1 rings (SSSR count). The van der Waals surface area contributed by atoms with Crippen LogP contribution in [0.4, 0.5) is 0 Å². The van der Waals surface area contributed by atoms with E-state index in [-0.39, 0.29) is 18.2 Å². The summed E-state index contributed by atoms with van der Waals surface area (Å²) in [7, 11) is 0. The number of phenols is 1. The molecule has 0 aliphatic carbocycles. The SMILES string of the molecule is C=Cc1ccccc1O.Cl. The third-order valence-corrected chi connectivity index (χ3v) is 1.16. The monoisotopic (exact) mass is 156 g/mol. The normalized spacial score (nSPS) is 8.00. The Morgan fingerprint density at radius 1 is 1.30 bits per heavy atom. The lowest BCUT2D eigenvalue weighted by molar-refractivity contribution is 0.474. The largest absolute Gasteiger partial charge is 0.507 e. The number of benzene rings is 1. The van der Waals surface area contributed by atoms with Gasteiger partial charge in [0, 0.05) is 5.56 Å². The highest BCUT2D eigenvalue weighted by Crippen LogP contribution is 2.15. The fourth-order valence-corrected chi connectivity index (χ4v) is 0.660. The molecule has 0 aliphatic heterocycles. The van der Waals surface area contributed by atoms with Crippen molar-refractivity contribution in [1.29, 1.82) is 0 Å². The smallest absolute Gasteiger partial charge is 0.122 e. The Morgan fingerprint density at radius 2 is 1.90 bits per heavy atom. The maximum absolute atomic E-state index is 9.04. The molecule has 54 valence electrons. The van der Waals surface area contributed by atoms with E-state index in [4.69, 9.17) is 5.11 Å². The van der Waals surface area contributed by atoms with Crippen molar-refractivity contribution in [2.45, 2.75) is 0 Å². The van der Waals surface area contributed by atoms with E-state index in [9.17, 15) is 0 Å². The van der Waals surface area contributed by atoms with Crippen molar-refractivity contribution >= 4 is 18.5 Å². The van der Waals surface area contributed by atoms with Crippen molar-refractivity contribution in [3.05, 3.63) is 36.4 Å². The molecule has 0 heterocycles. The highest BCUT2D eigenvalue weighted by molar-refractivity contribution is 5.85. The zero-order valence-electron chi connectivity index (χ0n) is 5.45. The number of hydrogen-bond acceptors (Lipinski definition) is 1. The first-order valence-corrected chi connectivity index (χ1v) is 2.75. The van der Waals surface area contributed by atoms with E-state index in [1.54, 1.807) is 18.2 Å². The van der Waals surface area contributed by atoms with E-state index in [1.165, 1.54) is 0 Å². The van der Waals surface area contributed by atoms with Gasteiger partial charge in [0.25, 0.3) is 0 Å². The van der Waals surface area contributed by atoms with E-state index in [1.807, 2.05) is 12.1 Å². The van der Waals surface area contributed by atoms with Crippen LogP contribution >= 0.6 is 12.4 Å². The van der Waals surface area contributed by atoms with Gasteiger partial charge in [-0.2, -0.15) is 0 Å². The van der Waals surface area contributed by atoms with Gasteiger partial charge in [-0.3, -0.25) is 0 Å². The first-order chi connectivity index (χ1) is 4.34. The Hall–Kier alpha value is -0.950. The number of para-hydroxylation sites is 1. The van der Waals surface area contributed by atoms with Gasteiger partial charge in [0.15, 0.2) is 0 Å². The average Bonchev–Trinajstić information content (AvgIpc) is 1.89. The standard InChI is InChI=1S/C8H8O.ClH/c1-2-7-5-3-4-6-8(7)9;/h2-6,9H,1H2;1H. The van der Waals surface area contributed by atoms with Crippen LogP contribution < -0.4 is 0 Å². The average molecular weight is 157 g/mol. The lowest BCUT2D eigenvalue weighted by Gasteiger charge is -1.93. The molecule has 0 saturated carbocycles. The molecule has 0 saturated heterocycles. The summed E-state index contributed by atoms with van der Waals surface area (Å²) in [6.07, 6.45) is 1.62. The summed E-state index contributed by atoms with van der Waals surface area (Å²) in [6.45, 7) is 3.53. The minimum absolute atomic E-state index is 0. The van der Waals surface area contributed by atoms with Crippen LogP contribution in [0.3, 0.4) is 0 Å². The zero-order chi connectivity index (χ0) is 6.69. The van der Waals surface area contributed by atoms with E-state index in [0.717, 1.165) is 5.56 Å². The van der Waals surface area contributed by atoms with Crippen LogP contribution in [0, 0.1) is 0 Å². The quantitative estimate of drug-likeness (QED) is 0.662. The molecule has 0 fully saturated rings. The minimum Gasteiger partial charge on any atom is -0.507 e. The van der Waals surface area contributed by atoms with Gasteiger partial charge in [-0.25, -0.2) is 0 Å². The molecule has 0 aliphatic rings. The Balaban J connectivity index is 0.000000810. The Kier molecular flexibility index (Phi) is 3.59. The van der Waals surface area contributed by atoms with E-state index < -0.39 is 0 Å². The van der Waals surface area contributed by atoms with Gasteiger partial charge in [-0.1, -0.05) is 30.9 Å². The molecule has 0 spiro atoms. The second kappa shape index (κ2) is 3.96. The lowest BCUT2D eigenvalue weighted by Crippen LogP contribution is -1.69.